The summed E-state index contributed by atoms with van der Waals surface area (Å²) < 4.78 is 25.0. The standard InChI is InChI=1S/C9H16N4O2S/c1-2-13-16(14,15)6-5-11-8-3-4-12-9(10)7-8/h3-4,7,13H,2,5-6H2,1H3,(H3,10,11,12). The Bertz CT molecular complexity index is 433. The van der Waals surface area contributed by atoms with Crippen molar-refractivity contribution in [1.82, 2.24) is 9.71 Å². The fraction of sp³-hybridized carbons (Fsp3) is 0.444. The molecule has 1 rings (SSSR count). The van der Waals surface area contributed by atoms with E-state index in [-0.39, 0.29) is 5.75 Å². The lowest BCUT2D eigenvalue weighted by Crippen LogP contribution is -2.29. The molecule has 0 radical (unpaired) electrons. The topological polar surface area (TPSA) is 97.1 Å². The van der Waals surface area contributed by atoms with Crippen LogP contribution in [0.4, 0.5) is 11.5 Å². The molecule has 0 amide bonds. The highest BCUT2D eigenvalue weighted by molar-refractivity contribution is 7.89. The Balaban J connectivity index is 2.42. The molecule has 6 nitrogen and oxygen atoms in total. The molecule has 0 aliphatic carbocycles. The molecule has 1 aromatic rings. The lowest BCUT2D eigenvalue weighted by Gasteiger charge is -2.07. The first-order valence-corrected chi connectivity index (χ1v) is 6.61. The van der Waals surface area contributed by atoms with E-state index < -0.39 is 10.0 Å². The highest BCUT2D eigenvalue weighted by Gasteiger charge is 2.07. The molecule has 7 heteroatoms. The van der Waals surface area contributed by atoms with E-state index in [9.17, 15) is 8.42 Å². The number of pyridine rings is 1. The summed E-state index contributed by atoms with van der Waals surface area (Å²) >= 11 is 0. The molecule has 1 aromatic heterocycles. The molecule has 0 spiro atoms. The second-order valence-electron chi connectivity index (χ2n) is 3.21. The molecule has 4 N–H and O–H groups in total. The molecule has 0 fully saturated rings. The Morgan fingerprint density at radius 1 is 1.50 bits per heavy atom. The highest BCUT2D eigenvalue weighted by atomic mass is 32.2. The minimum absolute atomic E-state index is 0.0308. The summed E-state index contributed by atoms with van der Waals surface area (Å²) in [4.78, 5) is 3.83. The maximum atomic E-state index is 11.3. The third kappa shape index (κ3) is 4.45. The predicted octanol–water partition coefficient (Wildman–Crippen LogP) is 0.0150. The summed E-state index contributed by atoms with van der Waals surface area (Å²) in [6.45, 7) is 2.48. The van der Waals surface area contributed by atoms with E-state index in [4.69, 9.17) is 5.73 Å². The van der Waals surface area contributed by atoms with Gasteiger partial charge >= 0.3 is 0 Å². The van der Waals surface area contributed by atoms with Crippen LogP contribution in [-0.4, -0.2) is 32.2 Å². The molecule has 0 aliphatic heterocycles. The van der Waals surface area contributed by atoms with E-state index in [0.29, 0.717) is 18.9 Å². The van der Waals surface area contributed by atoms with Crippen molar-refractivity contribution in [3.8, 4) is 0 Å². The molecule has 0 bridgehead atoms. The van der Waals surface area contributed by atoms with Crippen LogP contribution in [0, 0.1) is 0 Å². The molecule has 0 unspecified atom stereocenters. The van der Waals surface area contributed by atoms with Crippen molar-refractivity contribution in [2.45, 2.75) is 6.92 Å². The minimum Gasteiger partial charge on any atom is -0.384 e. The van der Waals surface area contributed by atoms with Crippen LogP contribution in [0.5, 0.6) is 0 Å². The van der Waals surface area contributed by atoms with Crippen LogP contribution in [-0.2, 0) is 10.0 Å². The molecule has 16 heavy (non-hydrogen) atoms. The molecule has 0 saturated heterocycles. The van der Waals surface area contributed by atoms with Crippen molar-refractivity contribution in [2.75, 3.05) is 29.9 Å². The summed E-state index contributed by atoms with van der Waals surface area (Å²) in [5.74, 6) is 0.433. The van der Waals surface area contributed by atoms with Gasteiger partial charge in [0, 0.05) is 31.0 Å². The zero-order valence-corrected chi connectivity index (χ0v) is 9.92. The summed E-state index contributed by atoms with van der Waals surface area (Å²) in [6, 6.07) is 3.39. The van der Waals surface area contributed by atoms with Crippen LogP contribution < -0.4 is 15.8 Å². The summed E-state index contributed by atoms with van der Waals surface area (Å²) in [6.07, 6.45) is 1.57. The second-order valence-corrected chi connectivity index (χ2v) is 5.14. The van der Waals surface area contributed by atoms with Gasteiger partial charge in [-0.1, -0.05) is 6.92 Å². The number of hydrogen-bond acceptors (Lipinski definition) is 5. The van der Waals surface area contributed by atoms with Gasteiger partial charge in [-0.2, -0.15) is 0 Å². The fourth-order valence-corrected chi connectivity index (χ4v) is 2.14. The summed E-state index contributed by atoms with van der Waals surface area (Å²) in [7, 11) is -3.17. The maximum Gasteiger partial charge on any atom is 0.213 e. The van der Waals surface area contributed by atoms with Crippen molar-refractivity contribution >= 4 is 21.5 Å². The van der Waals surface area contributed by atoms with Crippen LogP contribution in [0.3, 0.4) is 0 Å². The Hall–Kier alpha value is -1.34. The Kier molecular flexibility index (Phi) is 4.51. The normalized spacial score (nSPS) is 11.3. The zero-order chi connectivity index (χ0) is 12.0. The molecular formula is C9H16N4O2S. The summed E-state index contributed by atoms with van der Waals surface area (Å²) in [5.41, 5.74) is 6.25. The first-order chi connectivity index (χ1) is 7.53. The van der Waals surface area contributed by atoms with Gasteiger partial charge in [0.1, 0.15) is 5.82 Å². The Morgan fingerprint density at radius 3 is 2.88 bits per heavy atom. The number of nitrogens with two attached hydrogens (primary N) is 1. The van der Waals surface area contributed by atoms with Crippen molar-refractivity contribution in [2.24, 2.45) is 0 Å². The Morgan fingerprint density at radius 2 is 2.25 bits per heavy atom. The predicted molar refractivity (Wildman–Crippen MR) is 64.6 cm³/mol. The van der Waals surface area contributed by atoms with Crippen LogP contribution >= 0.6 is 0 Å². The molecule has 1 heterocycles. The van der Waals surface area contributed by atoms with Crippen LogP contribution in [0.2, 0.25) is 0 Å². The van der Waals surface area contributed by atoms with Gasteiger partial charge in [-0.15, -0.1) is 0 Å². The van der Waals surface area contributed by atoms with Crippen molar-refractivity contribution in [3.05, 3.63) is 18.3 Å². The van der Waals surface area contributed by atoms with Gasteiger partial charge in [0.05, 0.1) is 5.75 Å². The molecule has 0 aliphatic rings. The number of sulfonamides is 1. The van der Waals surface area contributed by atoms with E-state index in [1.165, 1.54) is 0 Å². The SMILES string of the molecule is CCNS(=O)(=O)CCNc1ccnc(N)c1. The molecular weight excluding hydrogens is 228 g/mol. The third-order valence-corrected chi connectivity index (χ3v) is 3.32. The van der Waals surface area contributed by atoms with E-state index in [1.54, 1.807) is 25.3 Å². The van der Waals surface area contributed by atoms with Gasteiger partial charge in [-0.25, -0.2) is 18.1 Å². The number of rotatable bonds is 6. The van der Waals surface area contributed by atoms with Gasteiger partial charge in [-0.05, 0) is 6.07 Å². The smallest absolute Gasteiger partial charge is 0.213 e. The molecule has 0 atom stereocenters. The average molecular weight is 244 g/mol. The minimum atomic E-state index is -3.17. The van der Waals surface area contributed by atoms with Crippen LogP contribution in [0.25, 0.3) is 0 Å². The Labute approximate surface area is 95.3 Å². The van der Waals surface area contributed by atoms with Crippen molar-refractivity contribution in [3.63, 3.8) is 0 Å². The zero-order valence-electron chi connectivity index (χ0n) is 9.10. The fourth-order valence-electron chi connectivity index (χ4n) is 1.18. The van der Waals surface area contributed by atoms with E-state index in [1.807, 2.05) is 0 Å². The average Bonchev–Trinajstić information content (AvgIpc) is 2.17. The number of nitrogens with one attached hydrogen (secondary N) is 2. The van der Waals surface area contributed by atoms with E-state index in [2.05, 4.69) is 15.0 Å². The van der Waals surface area contributed by atoms with Crippen LogP contribution in [0.15, 0.2) is 18.3 Å². The lowest BCUT2D eigenvalue weighted by atomic mass is 10.4. The van der Waals surface area contributed by atoms with Gasteiger partial charge in [0.2, 0.25) is 10.0 Å². The third-order valence-electron chi connectivity index (χ3n) is 1.85. The lowest BCUT2D eigenvalue weighted by molar-refractivity contribution is 0.584. The van der Waals surface area contributed by atoms with Crippen LogP contribution in [0.1, 0.15) is 6.92 Å². The number of nitrogens with zero attached hydrogens (tertiary/aromatic N) is 1. The highest BCUT2D eigenvalue weighted by Crippen LogP contribution is 2.08. The number of nitrogen functional groups attached to an aromatic ring is 1. The number of anilines is 2. The largest absolute Gasteiger partial charge is 0.384 e. The van der Waals surface area contributed by atoms with Gasteiger partial charge < -0.3 is 11.1 Å². The van der Waals surface area contributed by atoms with Gasteiger partial charge in [0.15, 0.2) is 0 Å². The second kappa shape index (κ2) is 5.66. The quantitative estimate of drug-likeness (QED) is 0.655. The van der Waals surface area contributed by atoms with Crippen molar-refractivity contribution in [1.29, 1.82) is 0 Å². The first-order valence-electron chi connectivity index (χ1n) is 4.96. The van der Waals surface area contributed by atoms with Crippen molar-refractivity contribution < 1.29 is 8.42 Å². The van der Waals surface area contributed by atoms with E-state index in [0.717, 1.165) is 5.69 Å². The monoisotopic (exact) mass is 244 g/mol. The number of aromatic nitrogens is 1. The van der Waals surface area contributed by atoms with E-state index >= 15 is 0 Å². The molecule has 90 valence electrons. The van der Waals surface area contributed by atoms with Gasteiger partial charge in [-0.3, -0.25) is 0 Å². The maximum absolute atomic E-state index is 11.3. The molecule has 0 saturated carbocycles. The molecule has 0 aromatic carbocycles. The number of hydrogen-bond donors (Lipinski definition) is 3. The summed E-state index contributed by atoms with van der Waals surface area (Å²) in [5, 5.41) is 2.96. The first kappa shape index (κ1) is 12.7. The van der Waals surface area contributed by atoms with Gasteiger partial charge in [0.25, 0.3) is 0 Å².